The first-order valence-electron chi connectivity index (χ1n) is 8.88. The second-order valence-corrected chi connectivity index (χ2v) is 6.40. The predicted octanol–water partition coefficient (Wildman–Crippen LogP) is 3.19. The van der Waals surface area contributed by atoms with Crippen molar-refractivity contribution in [3.05, 3.63) is 41.8 Å². The van der Waals surface area contributed by atoms with Crippen LogP contribution < -0.4 is 5.32 Å². The zero-order valence-electron chi connectivity index (χ0n) is 15.3. The molecule has 0 atom stereocenters. The number of aryl methyl sites for hydroxylation is 1. The van der Waals surface area contributed by atoms with E-state index in [0.717, 1.165) is 49.7 Å². The fraction of sp³-hybridized carbons (Fsp3) is 0.474. The van der Waals surface area contributed by atoms with Crippen LogP contribution in [0.4, 0.5) is 0 Å². The van der Waals surface area contributed by atoms with E-state index in [9.17, 15) is 5.11 Å². The Bertz CT molecular complexity index is 707. The third-order valence-electron chi connectivity index (χ3n) is 4.34. The van der Waals surface area contributed by atoms with Gasteiger partial charge in [0.25, 0.3) is 0 Å². The Hall–Kier alpha value is -1.61. The smallest absolute Gasteiger partial charge is 0.226 e. The van der Waals surface area contributed by atoms with Crippen LogP contribution in [0.5, 0.6) is 0 Å². The highest BCUT2D eigenvalue weighted by Crippen LogP contribution is 2.19. The van der Waals surface area contributed by atoms with E-state index in [0.29, 0.717) is 12.4 Å². The number of piperidine rings is 1. The number of aliphatic hydroxyl groups is 1. The molecular weight excluding hydrogens is 443 g/mol. The van der Waals surface area contributed by atoms with E-state index < -0.39 is 0 Å². The lowest BCUT2D eigenvalue weighted by molar-refractivity contribution is 0.108. The van der Waals surface area contributed by atoms with Crippen LogP contribution >= 0.6 is 24.0 Å². The second kappa shape index (κ2) is 9.91. The molecule has 0 radical (unpaired) electrons. The number of hydrogen-bond acceptors (Lipinski definition) is 4. The molecule has 1 fully saturated rings. The van der Waals surface area contributed by atoms with Crippen molar-refractivity contribution in [3.63, 3.8) is 0 Å². The van der Waals surface area contributed by atoms with E-state index in [2.05, 4.69) is 34.0 Å². The molecule has 0 unspecified atom stereocenters. The highest BCUT2D eigenvalue weighted by Gasteiger charge is 2.19. The molecule has 1 aliphatic heterocycles. The quantitative estimate of drug-likeness (QED) is 0.408. The third-order valence-corrected chi connectivity index (χ3v) is 4.34. The monoisotopic (exact) mass is 470 g/mol. The summed E-state index contributed by atoms with van der Waals surface area (Å²) in [5.41, 5.74) is 2.99. The van der Waals surface area contributed by atoms with Crippen molar-refractivity contribution in [1.29, 1.82) is 0 Å². The van der Waals surface area contributed by atoms with Crippen molar-refractivity contribution in [2.45, 2.75) is 39.3 Å². The molecule has 1 saturated heterocycles. The number of rotatable bonds is 4. The van der Waals surface area contributed by atoms with Crippen LogP contribution in [0.25, 0.3) is 11.5 Å². The zero-order valence-corrected chi connectivity index (χ0v) is 17.6. The topological polar surface area (TPSA) is 73.9 Å². The van der Waals surface area contributed by atoms with Crippen LogP contribution in [0.2, 0.25) is 0 Å². The minimum absolute atomic E-state index is 0. The average Bonchev–Trinajstić information content (AvgIpc) is 3.09. The van der Waals surface area contributed by atoms with Gasteiger partial charge in [0, 0.05) is 25.2 Å². The first-order valence-corrected chi connectivity index (χ1v) is 8.88. The van der Waals surface area contributed by atoms with Gasteiger partial charge in [-0.15, -0.1) is 24.0 Å². The van der Waals surface area contributed by atoms with Gasteiger partial charge in [-0.25, -0.2) is 9.98 Å². The number of likely N-dealkylation sites (tertiary alicyclic amines) is 1. The Morgan fingerprint density at radius 2 is 2.00 bits per heavy atom. The summed E-state index contributed by atoms with van der Waals surface area (Å²) in [6.45, 7) is 7.03. The Balaban J connectivity index is 0.00000243. The summed E-state index contributed by atoms with van der Waals surface area (Å²) >= 11 is 0. The molecule has 142 valence electrons. The first kappa shape index (κ1) is 20.7. The van der Waals surface area contributed by atoms with Crippen molar-refractivity contribution in [2.24, 2.45) is 4.99 Å². The van der Waals surface area contributed by atoms with E-state index in [-0.39, 0.29) is 30.1 Å². The molecule has 1 aromatic carbocycles. The van der Waals surface area contributed by atoms with Gasteiger partial charge in [-0.3, -0.25) is 0 Å². The summed E-state index contributed by atoms with van der Waals surface area (Å²) in [4.78, 5) is 11.4. The number of aliphatic imine (C=N–C) groups is 1. The number of oxazole rings is 1. The van der Waals surface area contributed by atoms with Gasteiger partial charge in [0.2, 0.25) is 5.89 Å². The SMILES string of the molecule is CCNC(=NCc1coc(-c2ccc(C)cc2)n1)N1CCC(O)CC1.I. The summed E-state index contributed by atoms with van der Waals surface area (Å²) in [5, 5.41) is 13.0. The number of benzene rings is 1. The number of aliphatic hydroxyl groups excluding tert-OH is 1. The Morgan fingerprint density at radius 1 is 1.31 bits per heavy atom. The number of hydrogen-bond donors (Lipinski definition) is 2. The number of nitrogens with one attached hydrogen (secondary N) is 1. The van der Waals surface area contributed by atoms with Crippen LogP contribution in [0.3, 0.4) is 0 Å². The molecule has 1 aliphatic rings. The molecule has 0 aliphatic carbocycles. The highest BCUT2D eigenvalue weighted by molar-refractivity contribution is 14.0. The minimum Gasteiger partial charge on any atom is -0.444 e. The Labute approximate surface area is 171 Å². The standard InChI is InChI=1S/C19H26N4O2.HI/c1-3-20-19(23-10-8-17(24)9-11-23)21-12-16-13-25-18(22-16)15-6-4-14(2)5-7-15;/h4-7,13,17,24H,3,8-12H2,1-2H3,(H,20,21);1H. The fourth-order valence-electron chi connectivity index (χ4n) is 2.87. The summed E-state index contributed by atoms with van der Waals surface area (Å²) < 4.78 is 5.59. The molecule has 7 heteroatoms. The van der Waals surface area contributed by atoms with Crippen LogP contribution in [0.15, 0.2) is 39.9 Å². The van der Waals surface area contributed by atoms with Gasteiger partial charge < -0.3 is 19.7 Å². The van der Waals surface area contributed by atoms with Crippen LogP contribution in [0, 0.1) is 6.92 Å². The van der Waals surface area contributed by atoms with E-state index in [1.807, 2.05) is 24.3 Å². The molecule has 1 aromatic heterocycles. The normalized spacial score (nSPS) is 15.7. The number of halogens is 1. The van der Waals surface area contributed by atoms with Crippen LogP contribution in [-0.4, -0.2) is 46.7 Å². The molecule has 2 heterocycles. The van der Waals surface area contributed by atoms with Crippen molar-refractivity contribution in [3.8, 4) is 11.5 Å². The molecule has 0 amide bonds. The summed E-state index contributed by atoms with van der Waals surface area (Å²) in [7, 11) is 0. The predicted molar refractivity (Wildman–Crippen MR) is 114 cm³/mol. The van der Waals surface area contributed by atoms with Gasteiger partial charge in [0.05, 0.1) is 12.6 Å². The molecule has 0 bridgehead atoms. The lowest BCUT2D eigenvalue weighted by Crippen LogP contribution is -2.46. The fourth-order valence-corrected chi connectivity index (χ4v) is 2.87. The van der Waals surface area contributed by atoms with Gasteiger partial charge in [-0.05, 0) is 38.8 Å². The van der Waals surface area contributed by atoms with Gasteiger partial charge in [-0.2, -0.15) is 0 Å². The lowest BCUT2D eigenvalue weighted by Gasteiger charge is -2.32. The van der Waals surface area contributed by atoms with E-state index in [4.69, 9.17) is 4.42 Å². The lowest BCUT2D eigenvalue weighted by atomic mass is 10.1. The molecule has 2 N–H and O–H groups in total. The van der Waals surface area contributed by atoms with E-state index in [1.165, 1.54) is 5.56 Å². The van der Waals surface area contributed by atoms with Gasteiger partial charge in [0.1, 0.15) is 12.0 Å². The van der Waals surface area contributed by atoms with Crippen molar-refractivity contribution in [1.82, 2.24) is 15.2 Å². The minimum atomic E-state index is -0.188. The van der Waals surface area contributed by atoms with Gasteiger partial charge in [0.15, 0.2) is 5.96 Å². The van der Waals surface area contributed by atoms with E-state index >= 15 is 0 Å². The molecule has 3 rings (SSSR count). The first-order chi connectivity index (χ1) is 12.2. The number of nitrogens with zero attached hydrogens (tertiary/aromatic N) is 3. The molecular formula is C19H27IN4O2. The van der Waals surface area contributed by atoms with Gasteiger partial charge >= 0.3 is 0 Å². The maximum absolute atomic E-state index is 9.67. The molecule has 0 spiro atoms. The highest BCUT2D eigenvalue weighted by atomic mass is 127. The second-order valence-electron chi connectivity index (χ2n) is 6.40. The van der Waals surface area contributed by atoms with Crippen molar-refractivity contribution >= 4 is 29.9 Å². The largest absolute Gasteiger partial charge is 0.444 e. The number of guanidine groups is 1. The Morgan fingerprint density at radius 3 is 2.65 bits per heavy atom. The summed E-state index contributed by atoms with van der Waals surface area (Å²) in [6, 6.07) is 8.12. The Kier molecular flexibility index (Phi) is 7.89. The molecule has 6 nitrogen and oxygen atoms in total. The zero-order chi connectivity index (χ0) is 17.6. The summed E-state index contributed by atoms with van der Waals surface area (Å²) in [6.07, 6.45) is 3.05. The third kappa shape index (κ3) is 5.44. The van der Waals surface area contributed by atoms with Crippen molar-refractivity contribution < 1.29 is 9.52 Å². The molecule has 26 heavy (non-hydrogen) atoms. The van der Waals surface area contributed by atoms with Crippen molar-refractivity contribution in [2.75, 3.05) is 19.6 Å². The molecule has 2 aromatic rings. The van der Waals surface area contributed by atoms with Crippen LogP contribution in [-0.2, 0) is 6.54 Å². The summed E-state index contributed by atoms with van der Waals surface area (Å²) in [5.74, 6) is 1.49. The number of aromatic nitrogens is 1. The van der Waals surface area contributed by atoms with Gasteiger partial charge in [-0.1, -0.05) is 17.7 Å². The molecule has 0 saturated carbocycles. The maximum atomic E-state index is 9.67. The van der Waals surface area contributed by atoms with Crippen LogP contribution in [0.1, 0.15) is 31.0 Å². The van der Waals surface area contributed by atoms with E-state index in [1.54, 1.807) is 6.26 Å². The average molecular weight is 470 g/mol. The maximum Gasteiger partial charge on any atom is 0.226 e.